The van der Waals surface area contributed by atoms with Gasteiger partial charge in [0.2, 0.25) is 0 Å². The molecule has 0 amide bonds. The van der Waals surface area contributed by atoms with Gasteiger partial charge in [0, 0.05) is 4.88 Å². The summed E-state index contributed by atoms with van der Waals surface area (Å²) in [4.78, 5) is 20.8. The minimum absolute atomic E-state index is 0.136. The Balaban J connectivity index is 2.60. The minimum atomic E-state index is -0.136. The highest BCUT2D eigenvalue weighted by Gasteiger charge is 2.08. The van der Waals surface area contributed by atoms with Gasteiger partial charge in [-0.2, -0.15) is 0 Å². The number of nitrogens with zero attached hydrogens (tertiary/aromatic N) is 1. The molecule has 0 fully saturated rings. The van der Waals surface area contributed by atoms with Gasteiger partial charge in [0.15, 0.2) is 5.82 Å². The van der Waals surface area contributed by atoms with Crippen molar-refractivity contribution in [3.63, 3.8) is 0 Å². The lowest BCUT2D eigenvalue weighted by Gasteiger charge is -2.00. The number of H-pyrrole nitrogens is 1. The van der Waals surface area contributed by atoms with Crippen LogP contribution in [0.4, 0.5) is 0 Å². The van der Waals surface area contributed by atoms with Crippen LogP contribution in [0.15, 0.2) is 21.4 Å². The number of aromatic nitrogens is 2. The average Bonchev–Trinajstić information content (AvgIpc) is 2.60. The Labute approximate surface area is 99.3 Å². The van der Waals surface area contributed by atoms with Gasteiger partial charge in [-0.25, -0.2) is 4.98 Å². The van der Waals surface area contributed by atoms with Gasteiger partial charge in [-0.1, -0.05) is 0 Å². The van der Waals surface area contributed by atoms with Gasteiger partial charge in [0.25, 0.3) is 5.56 Å². The molecule has 0 radical (unpaired) electrons. The van der Waals surface area contributed by atoms with Crippen LogP contribution in [0.3, 0.4) is 0 Å². The molecule has 2 heterocycles. The molecule has 0 aliphatic carbocycles. The predicted molar refractivity (Wildman–Crippen MR) is 65.3 cm³/mol. The van der Waals surface area contributed by atoms with E-state index in [1.165, 1.54) is 4.88 Å². The van der Waals surface area contributed by atoms with Crippen LogP contribution in [0.2, 0.25) is 0 Å². The molecule has 0 atom stereocenters. The van der Waals surface area contributed by atoms with Crippen molar-refractivity contribution in [2.45, 2.75) is 13.8 Å². The van der Waals surface area contributed by atoms with E-state index in [2.05, 4.69) is 25.9 Å². The molecule has 0 saturated carbocycles. The SMILES string of the molecule is Cc1ccc(-c2nc(C)c(Br)c(=O)[nH]2)s1. The van der Waals surface area contributed by atoms with E-state index in [1.54, 1.807) is 11.3 Å². The van der Waals surface area contributed by atoms with Crippen LogP contribution in [-0.4, -0.2) is 9.97 Å². The summed E-state index contributed by atoms with van der Waals surface area (Å²) >= 11 is 4.80. The number of rotatable bonds is 1. The van der Waals surface area contributed by atoms with Gasteiger partial charge in [0.05, 0.1) is 10.6 Å². The molecule has 0 aromatic carbocycles. The lowest BCUT2D eigenvalue weighted by atomic mass is 10.4. The predicted octanol–water partition coefficient (Wildman–Crippen LogP) is 2.88. The average molecular weight is 285 g/mol. The third kappa shape index (κ3) is 2.03. The van der Waals surface area contributed by atoms with Crippen LogP contribution in [0.5, 0.6) is 0 Å². The molecule has 0 saturated heterocycles. The maximum atomic E-state index is 11.5. The summed E-state index contributed by atoms with van der Waals surface area (Å²) in [5.41, 5.74) is 0.573. The third-order valence-corrected chi connectivity index (χ3v) is 3.94. The second kappa shape index (κ2) is 3.90. The Bertz CT molecular complexity index is 559. The molecular weight excluding hydrogens is 276 g/mol. The Morgan fingerprint density at radius 3 is 2.67 bits per heavy atom. The van der Waals surface area contributed by atoms with Crippen molar-refractivity contribution in [1.29, 1.82) is 0 Å². The van der Waals surface area contributed by atoms with Crippen LogP contribution in [0.25, 0.3) is 10.7 Å². The number of thiophene rings is 1. The molecule has 5 heteroatoms. The van der Waals surface area contributed by atoms with E-state index in [0.29, 0.717) is 16.0 Å². The number of nitrogens with one attached hydrogen (secondary N) is 1. The van der Waals surface area contributed by atoms with Gasteiger partial charge < -0.3 is 4.98 Å². The van der Waals surface area contributed by atoms with E-state index >= 15 is 0 Å². The number of hydrogen-bond donors (Lipinski definition) is 1. The van der Waals surface area contributed by atoms with Crippen molar-refractivity contribution in [3.8, 4) is 10.7 Å². The highest BCUT2D eigenvalue weighted by molar-refractivity contribution is 9.10. The molecule has 0 spiro atoms. The highest BCUT2D eigenvalue weighted by Crippen LogP contribution is 2.24. The topological polar surface area (TPSA) is 45.8 Å². The van der Waals surface area contributed by atoms with E-state index in [-0.39, 0.29) is 5.56 Å². The third-order valence-electron chi connectivity index (χ3n) is 2.00. The second-order valence-corrected chi connectivity index (χ2v) is 5.31. The summed E-state index contributed by atoms with van der Waals surface area (Å²) in [6.45, 7) is 3.83. The largest absolute Gasteiger partial charge is 0.305 e. The molecule has 2 aromatic heterocycles. The van der Waals surface area contributed by atoms with E-state index < -0.39 is 0 Å². The number of aryl methyl sites for hydroxylation is 2. The molecule has 15 heavy (non-hydrogen) atoms. The van der Waals surface area contributed by atoms with E-state index in [9.17, 15) is 4.79 Å². The van der Waals surface area contributed by atoms with Crippen LogP contribution in [0, 0.1) is 13.8 Å². The fourth-order valence-electron chi connectivity index (χ4n) is 1.25. The Hall–Kier alpha value is -0.940. The zero-order valence-corrected chi connectivity index (χ0v) is 10.7. The fraction of sp³-hybridized carbons (Fsp3) is 0.200. The standard InChI is InChI=1S/C10H9BrN2OS/c1-5-3-4-7(15-5)9-12-6(2)8(11)10(14)13-9/h3-4H,1-2H3,(H,12,13,14). The molecule has 1 N–H and O–H groups in total. The van der Waals surface area contributed by atoms with E-state index in [0.717, 1.165) is 4.88 Å². The zero-order chi connectivity index (χ0) is 11.0. The van der Waals surface area contributed by atoms with Gasteiger partial charge in [0.1, 0.15) is 4.47 Å². The molecule has 0 aliphatic heterocycles. The minimum Gasteiger partial charge on any atom is -0.305 e. The molecule has 0 bridgehead atoms. The number of hydrogen-bond acceptors (Lipinski definition) is 3. The maximum absolute atomic E-state index is 11.5. The first-order chi connectivity index (χ1) is 7.08. The Morgan fingerprint density at radius 1 is 1.40 bits per heavy atom. The van der Waals surface area contributed by atoms with Crippen molar-refractivity contribution < 1.29 is 0 Å². The van der Waals surface area contributed by atoms with Crippen LogP contribution >= 0.6 is 27.3 Å². The molecule has 2 rings (SSSR count). The fourth-order valence-corrected chi connectivity index (χ4v) is 2.25. The summed E-state index contributed by atoms with van der Waals surface area (Å²) in [5, 5.41) is 0. The molecule has 78 valence electrons. The lowest BCUT2D eigenvalue weighted by Crippen LogP contribution is -2.11. The molecule has 3 nitrogen and oxygen atoms in total. The zero-order valence-electron chi connectivity index (χ0n) is 8.30. The van der Waals surface area contributed by atoms with Crippen molar-refractivity contribution in [2.75, 3.05) is 0 Å². The Morgan fingerprint density at radius 2 is 2.13 bits per heavy atom. The van der Waals surface area contributed by atoms with Crippen molar-refractivity contribution in [1.82, 2.24) is 9.97 Å². The number of aromatic amines is 1. The first-order valence-electron chi connectivity index (χ1n) is 4.41. The molecule has 0 unspecified atom stereocenters. The van der Waals surface area contributed by atoms with Gasteiger partial charge in [-0.3, -0.25) is 4.79 Å². The number of halogens is 1. The van der Waals surface area contributed by atoms with Crippen LogP contribution in [0.1, 0.15) is 10.6 Å². The summed E-state index contributed by atoms with van der Waals surface area (Å²) in [7, 11) is 0. The van der Waals surface area contributed by atoms with E-state index in [1.807, 2.05) is 26.0 Å². The van der Waals surface area contributed by atoms with Crippen molar-refractivity contribution in [2.24, 2.45) is 0 Å². The lowest BCUT2D eigenvalue weighted by molar-refractivity contribution is 1.06. The van der Waals surface area contributed by atoms with Crippen LogP contribution in [-0.2, 0) is 0 Å². The normalized spacial score (nSPS) is 10.6. The summed E-state index contributed by atoms with van der Waals surface area (Å²) in [5.74, 6) is 0.638. The maximum Gasteiger partial charge on any atom is 0.265 e. The van der Waals surface area contributed by atoms with Crippen molar-refractivity contribution in [3.05, 3.63) is 37.5 Å². The molecule has 2 aromatic rings. The van der Waals surface area contributed by atoms with Gasteiger partial charge in [-0.05, 0) is 41.9 Å². The van der Waals surface area contributed by atoms with E-state index in [4.69, 9.17) is 0 Å². The molecule has 0 aliphatic rings. The smallest absolute Gasteiger partial charge is 0.265 e. The summed E-state index contributed by atoms with van der Waals surface area (Å²) in [6.07, 6.45) is 0. The monoisotopic (exact) mass is 284 g/mol. The van der Waals surface area contributed by atoms with Crippen LogP contribution < -0.4 is 5.56 Å². The van der Waals surface area contributed by atoms with Gasteiger partial charge in [-0.15, -0.1) is 11.3 Å². The second-order valence-electron chi connectivity index (χ2n) is 3.22. The highest BCUT2D eigenvalue weighted by atomic mass is 79.9. The summed E-state index contributed by atoms with van der Waals surface area (Å²) in [6, 6.07) is 3.98. The first-order valence-corrected chi connectivity index (χ1v) is 6.02. The van der Waals surface area contributed by atoms with Gasteiger partial charge >= 0.3 is 0 Å². The first kappa shape index (κ1) is 10.6. The van der Waals surface area contributed by atoms with Crippen molar-refractivity contribution >= 4 is 27.3 Å². The molecular formula is C10H9BrN2OS. The quantitative estimate of drug-likeness (QED) is 0.875. The Kier molecular flexibility index (Phi) is 2.75. The summed E-state index contributed by atoms with van der Waals surface area (Å²) < 4.78 is 0.500.